The molecule has 0 aliphatic rings. The van der Waals surface area contributed by atoms with Crippen molar-refractivity contribution in [1.82, 2.24) is 0 Å². The number of carbonyl (C=O) groups excluding carboxylic acids is 1. The number of fused-ring (bicyclic) bond motifs is 1. The number of carboxylic acids is 1. The molecule has 2 aromatic carbocycles. The molecule has 0 aliphatic carbocycles. The Kier molecular flexibility index (Phi) is 4.50. The van der Waals surface area contributed by atoms with Gasteiger partial charge in [-0.3, -0.25) is 4.79 Å². The number of hydrogen-bond acceptors (Lipinski definition) is 3. The van der Waals surface area contributed by atoms with E-state index in [0.717, 1.165) is 5.56 Å². The number of anilines is 1. The fourth-order valence-corrected chi connectivity index (χ4v) is 2.82. The summed E-state index contributed by atoms with van der Waals surface area (Å²) < 4.78 is 5.34. The van der Waals surface area contributed by atoms with Gasteiger partial charge in [0.15, 0.2) is 0 Å². The van der Waals surface area contributed by atoms with E-state index in [1.165, 1.54) is 0 Å². The van der Waals surface area contributed by atoms with E-state index in [2.05, 4.69) is 26.1 Å². The third kappa shape index (κ3) is 3.44. The Balaban J connectivity index is 1.97. The smallest absolute Gasteiger partial charge is 0.374 e. The molecule has 0 saturated heterocycles. The van der Waals surface area contributed by atoms with E-state index in [1.54, 1.807) is 30.3 Å². The van der Waals surface area contributed by atoms with Gasteiger partial charge < -0.3 is 14.8 Å². The zero-order valence-electron chi connectivity index (χ0n) is 14.6. The largest absolute Gasteiger partial charge is 0.475 e. The van der Waals surface area contributed by atoms with Crippen LogP contribution in [0.15, 0.2) is 46.9 Å². The van der Waals surface area contributed by atoms with E-state index in [9.17, 15) is 14.7 Å². The summed E-state index contributed by atoms with van der Waals surface area (Å²) in [6.45, 7) is 6.26. The average Bonchev–Trinajstić information content (AvgIpc) is 2.92. The first-order valence-electron chi connectivity index (χ1n) is 8.04. The van der Waals surface area contributed by atoms with Crippen LogP contribution in [0.25, 0.3) is 11.0 Å². The van der Waals surface area contributed by atoms with Gasteiger partial charge in [0.2, 0.25) is 5.76 Å². The van der Waals surface area contributed by atoms with Crippen molar-refractivity contribution in [3.8, 4) is 0 Å². The van der Waals surface area contributed by atoms with Crippen LogP contribution in [0.4, 0.5) is 5.69 Å². The molecule has 0 radical (unpaired) electrons. The number of carbonyl (C=O) groups is 2. The van der Waals surface area contributed by atoms with Crippen LogP contribution >= 0.6 is 11.6 Å². The zero-order chi connectivity index (χ0) is 19.1. The molecule has 3 rings (SSSR count). The summed E-state index contributed by atoms with van der Waals surface area (Å²) in [5, 5.41) is 12.9. The summed E-state index contributed by atoms with van der Waals surface area (Å²) in [6.07, 6.45) is 0. The number of hydrogen-bond donors (Lipinski definition) is 2. The van der Waals surface area contributed by atoms with E-state index >= 15 is 0 Å². The molecular formula is C20H18ClNO4. The van der Waals surface area contributed by atoms with E-state index in [1.807, 2.05) is 12.1 Å². The molecule has 6 heteroatoms. The van der Waals surface area contributed by atoms with Crippen molar-refractivity contribution < 1.29 is 19.1 Å². The second-order valence-corrected chi connectivity index (χ2v) is 7.47. The minimum atomic E-state index is -1.27. The molecule has 0 saturated carbocycles. The highest BCUT2D eigenvalue weighted by atomic mass is 35.5. The maximum Gasteiger partial charge on any atom is 0.374 e. The lowest BCUT2D eigenvalue weighted by atomic mass is 9.87. The number of halogens is 1. The van der Waals surface area contributed by atoms with Crippen molar-refractivity contribution in [3.63, 3.8) is 0 Å². The Morgan fingerprint density at radius 2 is 1.73 bits per heavy atom. The van der Waals surface area contributed by atoms with Crippen LogP contribution in [0.5, 0.6) is 0 Å². The lowest BCUT2D eigenvalue weighted by Crippen LogP contribution is -2.15. The molecule has 3 aromatic rings. The third-order valence-electron chi connectivity index (χ3n) is 4.10. The van der Waals surface area contributed by atoms with Gasteiger partial charge in [0, 0.05) is 16.0 Å². The first-order valence-corrected chi connectivity index (χ1v) is 8.42. The maximum absolute atomic E-state index is 12.6. The van der Waals surface area contributed by atoms with Crippen LogP contribution in [-0.4, -0.2) is 17.0 Å². The van der Waals surface area contributed by atoms with Gasteiger partial charge in [-0.15, -0.1) is 0 Å². The van der Waals surface area contributed by atoms with Gasteiger partial charge in [-0.05, 0) is 41.3 Å². The van der Waals surface area contributed by atoms with Crippen LogP contribution in [0.3, 0.4) is 0 Å². The molecule has 0 spiro atoms. The SMILES string of the molecule is CC(C)(C)c1ccc(C(=O)Nc2c(C(=O)O)oc3ccc(Cl)cc23)cc1. The molecule has 0 bridgehead atoms. The Hall–Kier alpha value is -2.79. The topological polar surface area (TPSA) is 79.5 Å². The minimum absolute atomic E-state index is 0.0248. The Bertz CT molecular complexity index is 997. The van der Waals surface area contributed by atoms with Crippen molar-refractivity contribution in [1.29, 1.82) is 0 Å². The maximum atomic E-state index is 12.6. The van der Waals surface area contributed by atoms with E-state index in [4.69, 9.17) is 16.0 Å². The standard InChI is InChI=1S/C20H18ClNO4/c1-20(2,3)12-6-4-11(5-7-12)18(23)22-16-14-10-13(21)8-9-15(14)26-17(16)19(24)25/h4-10H,1-3H3,(H,22,23)(H,24,25). The Labute approximate surface area is 155 Å². The Morgan fingerprint density at radius 1 is 1.08 bits per heavy atom. The minimum Gasteiger partial charge on any atom is -0.475 e. The monoisotopic (exact) mass is 371 g/mol. The number of amides is 1. The highest BCUT2D eigenvalue weighted by molar-refractivity contribution is 6.31. The summed E-state index contributed by atoms with van der Waals surface area (Å²) in [5.74, 6) is -2.02. The quantitative estimate of drug-likeness (QED) is 0.651. The van der Waals surface area contributed by atoms with Crippen LogP contribution in [0.1, 0.15) is 47.2 Å². The highest BCUT2D eigenvalue weighted by Crippen LogP contribution is 2.33. The third-order valence-corrected chi connectivity index (χ3v) is 4.33. The van der Waals surface area contributed by atoms with E-state index < -0.39 is 11.9 Å². The van der Waals surface area contributed by atoms with Crippen molar-refractivity contribution in [2.45, 2.75) is 26.2 Å². The Morgan fingerprint density at radius 3 is 2.31 bits per heavy atom. The number of nitrogens with one attached hydrogen (secondary N) is 1. The van der Waals surface area contributed by atoms with Gasteiger partial charge in [-0.25, -0.2) is 4.79 Å². The number of aromatic carboxylic acids is 1. The first-order chi connectivity index (χ1) is 12.2. The van der Waals surface area contributed by atoms with Crippen LogP contribution in [-0.2, 0) is 5.41 Å². The lowest BCUT2D eigenvalue weighted by Gasteiger charge is -2.19. The van der Waals surface area contributed by atoms with Gasteiger partial charge in [0.25, 0.3) is 5.91 Å². The second kappa shape index (κ2) is 6.50. The summed E-state index contributed by atoms with van der Waals surface area (Å²) >= 11 is 5.99. The summed E-state index contributed by atoms with van der Waals surface area (Å²) in [4.78, 5) is 24.1. The molecule has 134 valence electrons. The first kappa shape index (κ1) is 18.0. The summed E-state index contributed by atoms with van der Waals surface area (Å²) in [5.41, 5.74) is 1.93. The van der Waals surface area contributed by atoms with Crippen molar-refractivity contribution in [2.75, 3.05) is 5.32 Å². The normalized spacial score (nSPS) is 11.5. The molecule has 1 heterocycles. The summed E-state index contributed by atoms with van der Waals surface area (Å²) in [6, 6.07) is 11.9. The van der Waals surface area contributed by atoms with Gasteiger partial charge >= 0.3 is 5.97 Å². The van der Waals surface area contributed by atoms with Gasteiger partial charge in [0.05, 0.1) is 0 Å². The zero-order valence-corrected chi connectivity index (χ0v) is 15.3. The molecule has 0 aliphatic heterocycles. The second-order valence-electron chi connectivity index (χ2n) is 7.03. The number of rotatable bonds is 3. The molecule has 1 amide bonds. The summed E-state index contributed by atoms with van der Waals surface area (Å²) in [7, 11) is 0. The van der Waals surface area contributed by atoms with Crippen LogP contribution in [0.2, 0.25) is 5.02 Å². The molecule has 2 N–H and O–H groups in total. The molecule has 26 heavy (non-hydrogen) atoms. The highest BCUT2D eigenvalue weighted by Gasteiger charge is 2.23. The lowest BCUT2D eigenvalue weighted by molar-refractivity contribution is 0.0666. The fourth-order valence-electron chi connectivity index (χ4n) is 2.65. The van der Waals surface area contributed by atoms with Gasteiger partial charge in [-0.2, -0.15) is 0 Å². The predicted molar refractivity (Wildman–Crippen MR) is 101 cm³/mol. The van der Waals surface area contributed by atoms with Crippen molar-refractivity contribution in [3.05, 3.63) is 64.4 Å². The van der Waals surface area contributed by atoms with Gasteiger partial charge in [-0.1, -0.05) is 44.5 Å². The molecule has 5 nitrogen and oxygen atoms in total. The van der Waals surface area contributed by atoms with E-state index in [-0.39, 0.29) is 16.9 Å². The number of benzene rings is 2. The molecule has 1 aromatic heterocycles. The molecule has 0 fully saturated rings. The molecular weight excluding hydrogens is 354 g/mol. The predicted octanol–water partition coefficient (Wildman–Crippen LogP) is 5.33. The van der Waals surface area contributed by atoms with Gasteiger partial charge in [0.1, 0.15) is 11.3 Å². The fraction of sp³-hybridized carbons (Fsp3) is 0.200. The number of carboxylic acid groups (broad SMARTS) is 1. The van der Waals surface area contributed by atoms with E-state index in [0.29, 0.717) is 21.6 Å². The van der Waals surface area contributed by atoms with Crippen LogP contribution in [0, 0.1) is 0 Å². The molecule has 0 atom stereocenters. The van der Waals surface area contributed by atoms with Crippen LogP contribution < -0.4 is 5.32 Å². The molecule has 0 unspecified atom stereocenters. The number of furan rings is 1. The van der Waals surface area contributed by atoms with Crippen molar-refractivity contribution >= 4 is 40.1 Å². The average molecular weight is 372 g/mol. The van der Waals surface area contributed by atoms with Crippen molar-refractivity contribution in [2.24, 2.45) is 0 Å².